The molecule has 1 saturated heterocycles. The number of anilines is 1. The summed E-state index contributed by atoms with van der Waals surface area (Å²) in [7, 11) is 3.35. The van der Waals surface area contributed by atoms with Gasteiger partial charge in [-0.2, -0.15) is 5.10 Å². The van der Waals surface area contributed by atoms with Gasteiger partial charge in [0.1, 0.15) is 11.6 Å². The molecule has 0 spiro atoms. The number of ether oxygens (including phenoxy) is 1. The summed E-state index contributed by atoms with van der Waals surface area (Å²) in [5.74, 6) is 1.17. The molecule has 0 bridgehead atoms. The zero-order chi connectivity index (χ0) is 22.7. The first-order valence-corrected chi connectivity index (χ1v) is 10.5. The predicted molar refractivity (Wildman–Crippen MR) is 119 cm³/mol. The highest BCUT2D eigenvalue weighted by molar-refractivity contribution is 6.05. The van der Waals surface area contributed by atoms with E-state index in [0.717, 1.165) is 12.8 Å². The van der Waals surface area contributed by atoms with Gasteiger partial charge >= 0.3 is 0 Å². The van der Waals surface area contributed by atoms with Crippen LogP contribution in [0.3, 0.4) is 0 Å². The molecule has 9 heteroatoms. The van der Waals surface area contributed by atoms with Gasteiger partial charge in [0.15, 0.2) is 0 Å². The van der Waals surface area contributed by atoms with Gasteiger partial charge in [-0.1, -0.05) is 12.1 Å². The van der Waals surface area contributed by atoms with Gasteiger partial charge in [-0.3, -0.25) is 14.3 Å². The van der Waals surface area contributed by atoms with Crippen molar-refractivity contribution in [2.24, 2.45) is 7.05 Å². The highest BCUT2D eigenvalue weighted by Crippen LogP contribution is 2.27. The minimum Gasteiger partial charge on any atom is -0.495 e. The molecule has 1 aliphatic heterocycles. The predicted octanol–water partition coefficient (Wildman–Crippen LogP) is 2.80. The lowest BCUT2D eigenvalue weighted by Gasteiger charge is -2.31. The smallest absolute Gasteiger partial charge is 0.259 e. The van der Waals surface area contributed by atoms with Gasteiger partial charge in [0.25, 0.3) is 11.8 Å². The molecule has 2 amide bonds. The normalized spacial score (nSPS) is 14.3. The van der Waals surface area contributed by atoms with Crippen LogP contribution in [0, 0.1) is 6.92 Å². The molecule has 32 heavy (non-hydrogen) atoms. The van der Waals surface area contributed by atoms with Gasteiger partial charge in [-0.05, 0) is 31.9 Å². The summed E-state index contributed by atoms with van der Waals surface area (Å²) in [6, 6.07) is 7.23. The summed E-state index contributed by atoms with van der Waals surface area (Å²) in [4.78, 5) is 36.3. The number of nitrogens with zero attached hydrogens (tertiary/aromatic N) is 5. The molecular weight excluding hydrogens is 408 g/mol. The fraction of sp³-hybridized carbons (Fsp3) is 0.348. The zero-order valence-electron chi connectivity index (χ0n) is 18.4. The molecule has 0 atom stereocenters. The zero-order valence-corrected chi connectivity index (χ0v) is 18.4. The molecule has 1 aromatic carbocycles. The number of aryl methyl sites for hydroxylation is 2. The van der Waals surface area contributed by atoms with Crippen LogP contribution in [-0.2, 0) is 7.05 Å². The summed E-state index contributed by atoms with van der Waals surface area (Å²) < 4.78 is 6.91. The largest absolute Gasteiger partial charge is 0.495 e. The molecule has 1 fully saturated rings. The molecule has 3 heterocycles. The van der Waals surface area contributed by atoms with E-state index in [4.69, 9.17) is 4.74 Å². The van der Waals surface area contributed by atoms with Crippen LogP contribution in [0.4, 0.5) is 5.69 Å². The Labute approximate surface area is 186 Å². The van der Waals surface area contributed by atoms with Crippen molar-refractivity contribution in [2.45, 2.75) is 25.7 Å². The third-order valence-electron chi connectivity index (χ3n) is 5.70. The van der Waals surface area contributed by atoms with E-state index in [2.05, 4.69) is 20.4 Å². The Hall–Kier alpha value is -3.75. The number of benzene rings is 1. The van der Waals surface area contributed by atoms with E-state index < -0.39 is 0 Å². The molecule has 1 N–H and O–H groups in total. The third-order valence-corrected chi connectivity index (χ3v) is 5.70. The molecule has 0 saturated carbocycles. The number of carbonyl (C=O) groups excluding carboxylic acids is 2. The van der Waals surface area contributed by atoms with E-state index >= 15 is 0 Å². The topological polar surface area (TPSA) is 102 Å². The number of rotatable bonds is 5. The number of amides is 2. The standard InChI is InChI=1S/C23H26N6O3/c1-15-18(22(30)27-19-6-4-5-7-20(19)32-3)13-24-21(26-15)16-8-10-29(11-9-16)23(31)17-12-25-28(2)14-17/h4-7,12-14,16H,8-11H2,1-3H3,(H,27,30). The molecule has 9 nitrogen and oxygen atoms in total. The lowest BCUT2D eigenvalue weighted by molar-refractivity contribution is 0.0710. The number of likely N-dealkylation sites (tertiary alicyclic amines) is 1. The van der Waals surface area contributed by atoms with Crippen LogP contribution in [0.5, 0.6) is 5.75 Å². The second kappa shape index (κ2) is 9.17. The van der Waals surface area contributed by atoms with E-state index in [0.29, 0.717) is 47.2 Å². The molecule has 2 aromatic heterocycles. The number of methoxy groups -OCH3 is 1. The van der Waals surface area contributed by atoms with Crippen molar-refractivity contribution in [3.05, 3.63) is 65.5 Å². The van der Waals surface area contributed by atoms with E-state index in [-0.39, 0.29) is 17.7 Å². The molecule has 4 rings (SSSR count). The first-order valence-electron chi connectivity index (χ1n) is 10.5. The maximum atomic E-state index is 12.7. The Morgan fingerprint density at radius 3 is 2.56 bits per heavy atom. The van der Waals surface area contributed by atoms with Crippen LogP contribution in [0.2, 0.25) is 0 Å². The number of nitrogens with one attached hydrogen (secondary N) is 1. The molecule has 3 aromatic rings. The highest BCUT2D eigenvalue weighted by atomic mass is 16.5. The number of carbonyl (C=O) groups is 2. The van der Waals surface area contributed by atoms with Gasteiger partial charge in [0.05, 0.1) is 35.8 Å². The average molecular weight is 435 g/mol. The fourth-order valence-electron chi connectivity index (χ4n) is 3.90. The Bertz CT molecular complexity index is 1130. The van der Waals surface area contributed by atoms with Gasteiger partial charge < -0.3 is 15.0 Å². The molecule has 0 radical (unpaired) electrons. The number of para-hydroxylation sites is 2. The monoisotopic (exact) mass is 434 g/mol. The van der Waals surface area contributed by atoms with Crippen molar-refractivity contribution in [3.63, 3.8) is 0 Å². The second-order valence-electron chi connectivity index (χ2n) is 7.85. The van der Waals surface area contributed by atoms with Gasteiger partial charge in [-0.25, -0.2) is 9.97 Å². The van der Waals surface area contributed by atoms with E-state index in [1.165, 1.54) is 0 Å². The quantitative estimate of drug-likeness (QED) is 0.663. The molecule has 166 valence electrons. The summed E-state index contributed by atoms with van der Waals surface area (Å²) in [6.07, 6.45) is 6.46. The van der Waals surface area contributed by atoms with E-state index in [1.807, 2.05) is 24.0 Å². The first kappa shape index (κ1) is 21.5. The highest BCUT2D eigenvalue weighted by Gasteiger charge is 2.27. The summed E-state index contributed by atoms with van der Waals surface area (Å²) >= 11 is 0. The van der Waals surface area contributed by atoms with Crippen LogP contribution < -0.4 is 10.1 Å². The van der Waals surface area contributed by atoms with Crippen LogP contribution in [0.15, 0.2) is 42.9 Å². The number of piperidine rings is 1. The van der Waals surface area contributed by atoms with Crippen molar-refractivity contribution < 1.29 is 14.3 Å². The fourth-order valence-corrected chi connectivity index (χ4v) is 3.90. The molecule has 1 aliphatic rings. The minimum atomic E-state index is -0.282. The first-order chi connectivity index (χ1) is 15.5. The number of hydrogen-bond donors (Lipinski definition) is 1. The van der Waals surface area contributed by atoms with E-state index in [9.17, 15) is 9.59 Å². The molecule has 0 aliphatic carbocycles. The number of aromatic nitrogens is 4. The van der Waals surface area contributed by atoms with Crippen LogP contribution in [-0.4, -0.2) is 56.7 Å². The maximum absolute atomic E-state index is 12.7. The van der Waals surface area contributed by atoms with Crippen molar-refractivity contribution in [2.75, 3.05) is 25.5 Å². The molecular formula is C23H26N6O3. The molecule has 0 unspecified atom stereocenters. The Morgan fingerprint density at radius 1 is 1.16 bits per heavy atom. The van der Waals surface area contributed by atoms with Gasteiger partial charge in [0.2, 0.25) is 0 Å². The lowest BCUT2D eigenvalue weighted by Crippen LogP contribution is -2.38. The SMILES string of the molecule is COc1ccccc1NC(=O)c1cnc(C2CCN(C(=O)c3cnn(C)c3)CC2)nc1C. The summed E-state index contributed by atoms with van der Waals surface area (Å²) in [5.41, 5.74) is 2.23. The van der Waals surface area contributed by atoms with Crippen molar-refractivity contribution in [3.8, 4) is 5.75 Å². The van der Waals surface area contributed by atoms with Crippen molar-refractivity contribution >= 4 is 17.5 Å². The van der Waals surface area contributed by atoms with E-state index in [1.54, 1.807) is 49.6 Å². The summed E-state index contributed by atoms with van der Waals surface area (Å²) in [5, 5.41) is 6.93. The minimum absolute atomic E-state index is 0.00277. The van der Waals surface area contributed by atoms with Gasteiger partial charge in [-0.15, -0.1) is 0 Å². The summed E-state index contributed by atoms with van der Waals surface area (Å²) in [6.45, 7) is 3.08. The second-order valence-corrected chi connectivity index (χ2v) is 7.85. The van der Waals surface area contributed by atoms with Crippen molar-refractivity contribution in [1.82, 2.24) is 24.6 Å². The average Bonchev–Trinajstić information content (AvgIpc) is 3.25. The van der Waals surface area contributed by atoms with Crippen LogP contribution >= 0.6 is 0 Å². The van der Waals surface area contributed by atoms with Crippen molar-refractivity contribution in [1.29, 1.82) is 0 Å². The Morgan fingerprint density at radius 2 is 1.91 bits per heavy atom. The number of hydrogen-bond acceptors (Lipinski definition) is 6. The Balaban J connectivity index is 1.40. The third kappa shape index (κ3) is 4.46. The maximum Gasteiger partial charge on any atom is 0.259 e. The van der Waals surface area contributed by atoms with Crippen LogP contribution in [0.1, 0.15) is 51.0 Å². The lowest BCUT2D eigenvalue weighted by atomic mass is 9.95. The van der Waals surface area contributed by atoms with Crippen LogP contribution in [0.25, 0.3) is 0 Å². The Kier molecular flexibility index (Phi) is 6.16. The van der Waals surface area contributed by atoms with Gasteiger partial charge in [0, 0.05) is 38.4 Å².